The molecule has 1 aliphatic rings. The number of sulfone groups is 1. The van der Waals surface area contributed by atoms with Crippen LogP contribution in [0.4, 0.5) is 17.6 Å². The highest BCUT2D eigenvalue weighted by molar-refractivity contribution is 7.91. The Balaban J connectivity index is 1.90. The lowest BCUT2D eigenvalue weighted by Crippen LogP contribution is -2.34. The quantitative estimate of drug-likeness (QED) is 0.701. The first-order valence-electron chi connectivity index (χ1n) is 8.53. The first kappa shape index (κ1) is 20.3. The third kappa shape index (κ3) is 4.04. The molecule has 150 valence electrons. The maximum atomic E-state index is 14.1. The predicted octanol–water partition coefficient (Wildman–Crippen LogP) is 3.85. The van der Waals surface area contributed by atoms with E-state index >= 15 is 0 Å². The lowest BCUT2D eigenvalue weighted by molar-refractivity contribution is -0.138. The molecule has 0 bridgehead atoms. The van der Waals surface area contributed by atoms with Crippen molar-refractivity contribution in [2.75, 3.05) is 18.8 Å². The Kier molecular flexibility index (Phi) is 5.47. The molecule has 1 fully saturated rings. The Morgan fingerprint density at radius 1 is 1.00 bits per heavy atom. The van der Waals surface area contributed by atoms with Crippen molar-refractivity contribution >= 4 is 15.7 Å². The van der Waals surface area contributed by atoms with E-state index in [0.29, 0.717) is 0 Å². The first-order valence-corrected chi connectivity index (χ1v) is 10.2. The van der Waals surface area contributed by atoms with E-state index in [2.05, 4.69) is 0 Å². The van der Waals surface area contributed by atoms with Crippen molar-refractivity contribution in [1.29, 1.82) is 0 Å². The minimum atomic E-state index is -4.71. The number of halogens is 4. The van der Waals surface area contributed by atoms with Gasteiger partial charge in [-0.1, -0.05) is 30.3 Å². The van der Waals surface area contributed by atoms with Crippen molar-refractivity contribution in [3.63, 3.8) is 0 Å². The molecule has 4 nitrogen and oxygen atoms in total. The number of amides is 1. The molecule has 1 heterocycles. The molecule has 3 rings (SSSR count). The Bertz CT molecular complexity index is 989. The number of carbonyl (C=O) groups is 1. The lowest BCUT2D eigenvalue weighted by Gasteiger charge is -2.22. The molecule has 2 aromatic rings. The zero-order valence-electron chi connectivity index (χ0n) is 14.6. The van der Waals surface area contributed by atoms with Gasteiger partial charge in [0.15, 0.2) is 9.84 Å². The van der Waals surface area contributed by atoms with E-state index in [1.54, 1.807) is 0 Å². The highest BCUT2D eigenvalue weighted by Gasteiger charge is 2.38. The summed E-state index contributed by atoms with van der Waals surface area (Å²) in [6, 6.07) is 9.85. The van der Waals surface area contributed by atoms with Crippen molar-refractivity contribution in [2.45, 2.75) is 17.8 Å². The van der Waals surface area contributed by atoms with Crippen LogP contribution in [0.5, 0.6) is 0 Å². The highest BCUT2D eigenvalue weighted by Crippen LogP contribution is 2.34. The van der Waals surface area contributed by atoms with Gasteiger partial charge in [-0.25, -0.2) is 12.8 Å². The number of rotatable bonds is 2. The zero-order chi connectivity index (χ0) is 20.5. The molecule has 0 aromatic heterocycles. The van der Waals surface area contributed by atoms with Gasteiger partial charge in [0.05, 0.1) is 22.1 Å². The van der Waals surface area contributed by atoms with Crippen LogP contribution in [0.1, 0.15) is 33.2 Å². The molecule has 9 heteroatoms. The van der Waals surface area contributed by atoms with E-state index in [4.69, 9.17) is 0 Å². The molecule has 0 N–H and O–H groups in total. The molecule has 0 unspecified atom stereocenters. The standard InChI is InChI=1S/C19H17F4NO3S/c20-16-8-4-2-6-14(16)17-9-10-24(11-12-28(17,26)27)18(25)13-5-1-3-7-15(13)19(21,22)23/h1-8,17H,9-12H2/t17-/m0/s1. The van der Waals surface area contributed by atoms with Gasteiger partial charge in [-0.05, 0) is 24.6 Å². The molecule has 28 heavy (non-hydrogen) atoms. The molecule has 0 spiro atoms. The number of hydrogen-bond acceptors (Lipinski definition) is 3. The Hall–Kier alpha value is -2.42. The van der Waals surface area contributed by atoms with E-state index in [9.17, 15) is 30.8 Å². The van der Waals surface area contributed by atoms with Crippen LogP contribution < -0.4 is 0 Å². The summed E-state index contributed by atoms with van der Waals surface area (Å²) in [5.74, 6) is -2.01. The SMILES string of the molecule is O=C(c1ccccc1C(F)(F)F)N1CC[C@@H](c2ccccc2F)S(=O)(=O)CC1. The van der Waals surface area contributed by atoms with Crippen LogP contribution in [0, 0.1) is 5.82 Å². The Labute approximate surface area is 159 Å². The molecular formula is C19H17F4NO3S. The van der Waals surface area contributed by atoms with Crippen LogP contribution in [0.15, 0.2) is 48.5 Å². The number of hydrogen-bond donors (Lipinski definition) is 0. The summed E-state index contributed by atoms with van der Waals surface area (Å²) in [5.41, 5.74) is -1.60. The predicted molar refractivity (Wildman–Crippen MR) is 94.9 cm³/mol. The van der Waals surface area contributed by atoms with Crippen LogP contribution in [0.2, 0.25) is 0 Å². The Morgan fingerprint density at radius 3 is 2.32 bits per heavy atom. The number of carbonyl (C=O) groups excluding carboxylic acids is 1. The largest absolute Gasteiger partial charge is 0.417 e. The molecular weight excluding hydrogens is 398 g/mol. The molecule has 1 amide bonds. The van der Waals surface area contributed by atoms with Gasteiger partial charge in [0.1, 0.15) is 5.82 Å². The van der Waals surface area contributed by atoms with Crippen molar-refractivity contribution < 1.29 is 30.8 Å². The maximum absolute atomic E-state index is 14.1. The van der Waals surface area contributed by atoms with Crippen LogP contribution >= 0.6 is 0 Å². The monoisotopic (exact) mass is 415 g/mol. The molecule has 1 aliphatic heterocycles. The fraction of sp³-hybridized carbons (Fsp3) is 0.316. The van der Waals surface area contributed by atoms with Gasteiger partial charge >= 0.3 is 6.18 Å². The van der Waals surface area contributed by atoms with Crippen molar-refractivity contribution in [2.24, 2.45) is 0 Å². The van der Waals surface area contributed by atoms with Crippen molar-refractivity contribution in [1.82, 2.24) is 4.90 Å². The average Bonchev–Trinajstić information content (AvgIpc) is 2.79. The second kappa shape index (κ2) is 7.54. The van der Waals surface area contributed by atoms with E-state index < -0.39 is 49.9 Å². The first-order chi connectivity index (χ1) is 13.1. The van der Waals surface area contributed by atoms with E-state index in [-0.39, 0.29) is 25.1 Å². The van der Waals surface area contributed by atoms with Gasteiger partial charge in [-0.2, -0.15) is 13.2 Å². The molecule has 1 saturated heterocycles. The van der Waals surface area contributed by atoms with Crippen LogP contribution in [0.25, 0.3) is 0 Å². The summed E-state index contributed by atoms with van der Waals surface area (Å²) in [6.07, 6.45) is -4.80. The minimum absolute atomic E-state index is 0.00694. The second-order valence-corrected chi connectivity index (χ2v) is 8.80. The number of benzene rings is 2. The van der Waals surface area contributed by atoms with Crippen LogP contribution in [-0.2, 0) is 16.0 Å². The minimum Gasteiger partial charge on any atom is -0.338 e. The van der Waals surface area contributed by atoms with Gasteiger partial charge in [0, 0.05) is 18.7 Å². The molecule has 2 aromatic carbocycles. The summed E-state index contributed by atoms with van der Waals surface area (Å²) in [5, 5.41) is -1.15. The van der Waals surface area contributed by atoms with Crippen molar-refractivity contribution in [3.05, 3.63) is 71.0 Å². The fourth-order valence-electron chi connectivity index (χ4n) is 3.32. The fourth-order valence-corrected chi connectivity index (χ4v) is 5.12. The summed E-state index contributed by atoms with van der Waals surface area (Å²) in [6.45, 7) is -0.346. The van der Waals surface area contributed by atoms with E-state index in [0.717, 1.165) is 23.1 Å². The van der Waals surface area contributed by atoms with Gasteiger partial charge in [-0.3, -0.25) is 4.79 Å². The zero-order valence-corrected chi connectivity index (χ0v) is 15.4. The molecule has 0 saturated carbocycles. The molecule has 1 atom stereocenters. The third-order valence-corrected chi connectivity index (χ3v) is 6.85. The number of nitrogens with zero attached hydrogens (tertiary/aromatic N) is 1. The van der Waals surface area contributed by atoms with Gasteiger partial charge in [0.2, 0.25) is 0 Å². The summed E-state index contributed by atoms with van der Waals surface area (Å²) in [7, 11) is -3.78. The smallest absolute Gasteiger partial charge is 0.338 e. The second-order valence-electron chi connectivity index (χ2n) is 6.50. The molecule has 0 aliphatic carbocycles. The van der Waals surface area contributed by atoms with E-state index in [1.165, 1.54) is 30.3 Å². The Morgan fingerprint density at radius 2 is 1.64 bits per heavy atom. The van der Waals surface area contributed by atoms with Crippen LogP contribution in [0.3, 0.4) is 0 Å². The van der Waals surface area contributed by atoms with Crippen LogP contribution in [-0.4, -0.2) is 38.1 Å². The highest BCUT2D eigenvalue weighted by atomic mass is 32.2. The number of alkyl halides is 3. The van der Waals surface area contributed by atoms with Crippen molar-refractivity contribution in [3.8, 4) is 0 Å². The van der Waals surface area contributed by atoms with E-state index in [1.807, 2.05) is 0 Å². The third-order valence-electron chi connectivity index (χ3n) is 4.74. The average molecular weight is 415 g/mol. The van der Waals surface area contributed by atoms with Gasteiger partial charge in [-0.15, -0.1) is 0 Å². The maximum Gasteiger partial charge on any atom is 0.417 e. The summed E-state index contributed by atoms with van der Waals surface area (Å²) < 4.78 is 78.9. The normalized spacial score (nSPS) is 19.9. The van der Waals surface area contributed by atoms with Gasteiger partial charge < -0.3 is 4.90 Å². The summed E-state index contributed by atoms with van der Waals surface area (Å²) >= 11 is 0. The molecule has 0 radical (unpaired) electrons. The topological polar surface area (TPSA) is 54.5 Å². The van der Waals surface area contributed by atoms with Gasteiger partial charge in [0.25, 0.3) is 5.91 Å². The summed E-state index contributed by atoms with van der Waals surface area (Å²) in [4.78, 5) is 13.8. The lowest BCUT2D eigenvalue weighted by atomic mass is 10.0.